The number of carbonyl (C=O) groups is 2. The molecule has 2 aromatic rings. The number of rotatable bonds is 5. The molecular weight excluding hydrogens is 372 g/mol. The van der Waals surface area contributed by atoms with Crippen molar-refractivity contribution in [2.24, 2.45) is 0 Å². The van der Waals surface area contributed by atoms with Gasteiger partial charge >= 0.3 is 5.69 Å². The molecule has 138 valence electrons. The zero-order chi connectivity index (χ0) is 19.6. The first-order chi connectivity index (χ1) is 12.9. The maximum Gasteiger partial charge on any atom is 0.315 e. The Bertz CT molecular complexity index is 958. The van der Waals surface area contributed by atoms with E-state index in [1.165, 1.54) is 19.3 Å². The van der Waals surface area contributed by atoms with Crippen molar-refractivity contribution in [2.75, 3.05) is 7.11 Å². The lowest BCUT2D eigenvalue weighted by Gasteiger charge is -2.12. The number of hydrogen-bond acceptors (Lipinski definition) is 7. The third-order valence-electron chi connectivity index (χ3n) is 3.85. The number of phenolic OH excluding ortho intramolecular Hbond substituents is 1. The molecule has 1 aliphatic heterocycles. The van der Waals surface area contributed by atoms with Crippen molar-refractivity contribution in [1.29, 1.82) is 0 Å². The number of imide groups is 1. The summed E-state index contributed by atoms with van der Waals surface area (Å²) in [5, 5.41) is 20.5. The minimum atomic E-state index is -0.754. The molecule has 27 heavy (non-hydrogen) atoms. The second-order valence-corrected chi connectivity index (χ2v) is 6.59. The molecule has 0 atom stereocenters. The molecule has 0 unspecified atom stereocenters. The fraction of sp³-hybridized carbons (Fsp3) is 0.111. The van der Waals surface area contributed by atoms with Gasteiger partial charge in [-0.3, -0.25) is 24.6 Å². The Morgan fingerprint density at radius 1 is 1.26 bits per heavy atom. The van der Waals surface area contributed by atoms with Crippen molar-refractivity contribution in [1.82, 2.24) is 4.90 Å². The fourth-order valence-electron chi connectivity index (χ4n) is 2.55. The normalized spacial score (nSPS) is 15.4. The zero-order valence-electron chi connectivity index (χ0n) is 14.1. The Labute approximate surface area is 158 Å². The second kappa shape index (κ2) is 7.50. The highest BCUT2D eigenvalue weighted by molar-refractivity contribution is 8.18. The van der Waals surface area contributed by atoms with Gasteiger partial charge in [0.25, 0.3) is 11.1 Å². The number of carbonyl (C=O) groups excluding carboxylic acids is 2. The molecule has 1 N–H and O–H groups in total. The molecule has 0 aromatic heterocycles. The standard InChI is InChI=1S/C18H14N2O6S/c1-26-14-8-12(7-13(16(14)21)20(24)25)9-15-17(22)19(18(23)27-15)10-11-5-3-2-4-6-11/h2-9,21H,10H2,1H3/b15-9-. The maximum absolute atomic E-state index is 12.6. The number of aromatic hydroxyl groups is 1. The van der Waals surface area contributed by atoms with Gasteiger partial charge in [0.2, 0.25) is 5.75 Å². The van der Waals surface area contributed by atoms with Crippen LogP contribution in [0, 0.1) is 10.1 Å². The van der Waals surface area contributed by atoms with E-state index in [4.69, 9.17) is 4.74 Å². The highest BCUT2D eigenvalue weighted by Crippen LogP contribution is 2.39. The molecule has 1 heterocycles. The molecule has 2 aromatic carbocycles. The highest BCUT2D eigenvalue weighted by Gasteiger charge is 2.35. The van der Waals surface area contributed by atoms with Gasteiger partial charge in [-0.25, -0.2) is 0 Å². The number of ether oxygens (including phenoxy) is 1. The van der Waals surface area contributed by atoms with Crippen molar-refractivity contribution in [2.45, 2.75) is 6.54 Å². The molecular formula is C18H14N2O6S. The smallest absolute Gasteiger partial charge is 0.315 e. The topological polar surface area (TPSA) is 110 Å². The lowest BCUT2D eigenvalue weighted by Crippen LogP contribution is -2.27. The van der Waals surface area contributed by atoms with Crippen LogP contribution in [0.15, 0.2) is 47.4 Å². The molecule has 3 rings (SSSR count). The van der Waals surface area contributed by atoms with Crippen LogP contribution in [0.4, 0.5) is 10.5 Å². The fourth-order valence-corrected chi connectivity index (χ4v) is 3.38. The quantitative estimate of drug-likeness (QED) is 0.475. The third-order valence-corrected chi connectivity index (χ3v) is 4.76. The Hall–Kier alpha value is -3.33. The number of phenols is 1. The van der Waals surface area contributed by atoms with Gasteiger partial charge < -0.3 is 9.84 Å². The highest BCUT2D eigenvalue weighted by atomic mass is 32.2. The summed E-state index contributed by atoms with van der Waals surface area (Å²) in [6, 6.07) is 11.5. The Balaban J connectivity index is 1.92. The van der Waals surface area contributed by atoms with E-state index in [1.54, 1.807) is 12.1 Å². The molecule has 0 saturated carbocycles. The molecule has 0 aliphatic carbocycles. The first-order valence-electron chi connectivity index (χ1n) is 7.75. The average Bonchev–Trinajstić information content (AvgIpc) is 2.91. The van der Waals surface area contributed by atoms with Gasteiger partial charge in [0.15, 0.2) is 5.75 Å². The van der Waals surface area contributed by atoms with Crippen LogP contribution in [-0.2, 0) is 11.3 Å². The van der Waals surface area contributed by atoms with E-state index in [9.17, 15) is 24.8 Å². The lowest BCUT2D eigenvalue weighted by atomic mass is 10.1. The van der Waals surface area contributed by atoms with Crippen LogP contribution >= 0.6 is 11.8 Å². The van der Waals surface area contributed by atoms with E-state index in [2.05, 4.69) is 0 Å². The van der Waals surface area contributed by atoms with E-state index in [0.717, 1.165) is 28.3 Å². The summed E-state index contributed by atoms with van der Waals surface area (Å²) in [7, 11) is 1.26. The molecule has 9 heteroatoms. The predicted molar refractivity (Wildman–Crippen MR) is 99.3 cm³/mol. The first kappa shape index (κ1) is 18.5. The number of benzene rings is 2. The Morgan fingerprint density at radius 3 is 2.59 bits per heavy atom. The first-order valence-corrected chi connectivity index (χ1v) is 8.57. The van der Waals surface area contributed by atoms with Gasteiger partial charge in [0, 0.05) is 6.07 Å². The van der Waals surface area contributed by atoms with Gasteiger partial charge in [-0.1, -0.05) is 30.3 Å². The van der Waals surface area contributed by atoms with Gasteiger partial charge in [0.1, 0.15) is 0 Å². The van der Waals surface area contributed by atoms with E-state index < -0.39 is 27.5 Å². The summed E-state index contributed by atoms with van der Waals surface area (Å²) in [6.07, 6.45) is 1.37. The lowest BCUT2D eigenvalue weighted by molar-refractivity contribution is -0.386. The monoisotopic (exact) mass is 386 g/mol. The molecule has 0 radical (unpaired) electrons. The van der Waals surface area contributed by atoms with E-state index >= 15 is 0 Å². The van der Waals surface area contributed by atoms with E-state index in [0.29, 0.717) is 0 Å². The minimum Gasteiger partial charge on any atom is -0.500 e. The summed E-state index contributed by atoms with van der Waals surface area (Å²) in [4.78, 5) is 36.3. The summed E-state index contributed by atoms with van der Waals surface area (Å²) < 4.78 is 4.94. The van der Waals surface area contributed by atoms with Crippen molar-refractivity contribution in [3.63, 3.8) is 0 Å². The van der Waals surface area contributed by atoms with E-state index in [-0.39, 0.29) is 22.8 Å². The number of nitrogens with zero attached hydrogens (tertiary/aromatic N) is 2. The Kier molecular flexibility index (Phi) is 5.13. The molecule has 8 nitrogen and oxygen atoms in total. The molecule has 1 saturated heterocycles. The summed E-state index contributed by atoms with van der Waals surface area (Å²) in [6.45, 7) is 0.141. The van der Waals surface area contributed by atoms with Crippen LogP contribution in [0.3, 0.4) is 0 Å². The van der Waals surface area contributed by atoms with Gasteiger partial charge in [0.05, 0.1) is 23.5 Å². The summed E-state index contributed by atoms with van der Waals surface area (Å²) in [5.74, 6) is -1.18. The van der Waals surface area contributed by atoms with Crippen LogP contribution in [0.1, 0.15) is 11.1 Å². The summed E-state index contributed by atoms with van der Waals surface area (Å²) >= 11 is 0.753. The number of methoxy groups -OCH3 is 1. The largest absolute Gasteiger partial charge is 0.500 e. The predicted octanol–water partition coefficient (Wildman–Crippen LogP) is 3.55. The number of nitro groups is 1. The average molecular weight is 386 g/mol. The molecule has 0 bridgehead atoms. The number of thioether (sulfide) groups is 1. The zero-order valence-corrected chi connectivity index (χ0v) is 14.9. The van der Waals surface area contributed by atoms with Crippen LogP contribution in [0.5, 0.6) is 11.5 Å². The second-order valence-electron chi connectivity index (χ2n) is 5.60. The van der Waals surface area contributed by atoms with Crippen molar-refractivity contribution in [3.05, 3.63) is 68.6 Å². The number of hydrogen-bond donors (Lipinski definition) is 1. The molecule has 0 spiro atoms. The van der Waals surface area contributed by atoms with Gasteiger partial charge in [-0.2, -0.15) is 0 Å². The van der Waals surface area contributed by atoms with Crippen molar-refractivity contribution < 1.29 is 24.4 Å². The SMILES string of the molecule is COc1cc(/C=C2\SC(=O)N(Cc3ccccc3)C2=O)cc([N+](=O)[O-])c1O. The third kappa shape index (κ3) is 3.77. The molecule has 2 amide bonds. The number of nitro benzene ring substituents is 1. The van der Waals surface area contributed by atoms with Gasteiger partial charge in [-0.15, -0.1) is 0 Å². The molecule has 1 aliphatic rings. The van der Waals surface area contributed by atoms with E-state index in [1.807, 2.05) is 18.2 Å². The van der Waals surface area contributed by atoms with Crippen LogP contribution in [0.25, 0.3) is 6.08 Å². The van der Waals surface area contributed by atoms with Crippen LogP contribution < -0.4 is 4.74 Å². The molecule has 1 fully saturated rings. The van der Waals surface area contributed by atoms with Crippen molar-refractivity contribution >= 4 is 34.7 Å². The van der Waals surface area contributed by atoms with Crippen LogP contribution in [0.2, 0.25) is 0 Å². The number of amides is 2. The summed E-state index contributed by atoms with van der Waals surface area (Å²) in [5.41, 5.74) is 0.522. The minimum absolute atomic E-state index is 0.0982. The van der Waals surface area contributed by atoms with Crippen molar-refractivity contribution in [3.8, 4) is 11.5 Å². The maximum atomic E-state index is 12.6. The van der Waals surface area contributed by atoms with Crippen LogP contribution in [-0.4, -0.2) is 33.2 Å². The Morgan fingerprint density at radius 2 is 1.96 bits per heavy atom. The van der Waals surface area contributed by atoms with Gasteiger partial charge in [-0.05, 0) is 35.0 Å².